The van der Waals surface area contributed by atoms with Crippen molar-refractivity contribution in [3.63, 3.8) is 0 Å². The number of carbonyl (C=O) groups excluding carboxylic acids is 2. The third-order valence-electron chi connectivity index (χ3n) is 1.15. The molecule has 10 heavy (non-hydrogen) atoms. The first-order valence-corrected chi connectivity index (χ1v) is 2.66. The van der Waals surface area contributed by atoms with E-state index < -0.39 is 18.2 Å². The van der Waals surface area contributed by atoms with Crippen LogP contribution in [0.25, 0.3) is 0 Å². The van der Waals surface area contributed by atoms with Gasteiger partial charge in [0.25, 0.3) is 5.91 Å². The van der Waals surface area contributed by atoms with Gasteiger partial charge in [-0.05, 0) is 0 Å². The molecule has 0 saturated carbocycles. The topological polar surface area (TPSA) is 93.5 Å². The SMILES string of the molecule is NC1C(=O)NOC1NC=O. The van der Waals surface area contributed by atoms with Crippen molar-refractivity contribution in [2.45, 2.75) is 12.3 Å². The summed E-state index contributed by atoms with van der Waals surface area (Å²) in [5.74, 6) is -0.431. The third-order valence-corrected chi connectivity index (χ3v) is 1.15. The van der Waals surface area contributed by atoms with Crippen molar-refractivity contribution in [2.24, 2.45) is 5.73 Å². The summed E-state index contributed by atoms with van der Waals surface area (Å²) >= 11 is 0. The fraction of sp³-hybridized carbons (Fsp3) is 0.500. The highest BCUT2D eigenvalue weighted by Crippen LogP contribution is 1.98. The van der Waals surface area contributed by atoms with Crippen molar-refractivity contribution in [3.05, 3.63) is 0 Å². The van der Waals surface area contributed by atoms with Crippen LogP contribution < -0.4 is 16.5 Å². The van der Waals surface area contributed by atoms with Crippen LogP contribution in [-0.4, -0.2) is 24.6 Å². The normalized spacial score (nSPS) is 31.5. The summed E-state index contributed by atoms with van der Waals surface area (Å²) in [5.41, 5.74) is 7.27. The summed E-state index contributed by atoms with van der Waals surface area (Å²) in [5, 5.41) is 2.21. The van der Waals surface area contributed by atoms with Gasteiger partial charge in [-0.1, -0.05) is 0 Å². The molecule has 0 aromatic heterocycles. The Hall–Kier alpha value is -1.14. The highest BCUT2D eigenvalue weighted by Gasteiger charge is 2.32. The number of carbonyl (C=O) groups is 2. The van der Waals surface area contributed by atoms with E-state index in [1.165, 1.54) is 0 Å². The van der Waals surface area contributed by atoms with Gasteiger partial charge >= 0.3 is 0 Å². The fourth-order valence-corrected chi connectivity index (χ4v) is 0.605. The van der Waals surface area contributed by atoms with E-state index in [4.69, 9.17) is 5.73 Å². The molecular formula is C4H7N3O3. The van der Waals surface area contributed by atoms with Crippen molar-refractivity contribution in [1.82, 2.24) is 10.8 Å². The minimum atomic E-state index is -0.815. The summed E-state index contributed by atoms with van der Waals surface area (Å²) in [6.07, 6.45) is -0.324. The van der Waals surface area contributed by atoms with Crippen LogP contribution >= 0.6 is 0 Å². The minimum Gasteiger partial charge on any atom is -0.330 e. The molecule has 0 radical (unpaired) electrons. The molecule has 6 nitrogen and oxygen atoms in total. The Morgan fingerprint density at radius 1 is 1.80 bits per heavy atom. The molecule has 1 heterocycles. The molecule has 1 saturated heterocycles. The molecule has 56 valence electrons. The molecule has 6 heteroatoms. The number of nitrogens with one attached hydrogen (secondary N) is 2. The Morgan fingerprint density at radius 2 is 2.50 bits per heavy atom. The van der Waals surface area contributed by atoms with E-state index in [1.807, 2.05) is 5.48 Å². The summed E-state index contributed by atoms with van der Waals surface area (Å²) in [7, 11) is 0. The van der Waals surface area contributed by atoms with Crippen LogP contribution in [0.2, 0.25) is 0 Å². The second-order valence-corrected chi connectivity index (χ2v) is 1.82. The molecule has 2 atom stereocenters. The number of hydroxylamine groups is 1. The van der Waals surface area contributed by atoms with Gasteiger partial charge in [0.05, 0.1) is 0 Å². The zero-order valence-corrected chi connectivity index (χ0v) is 5.03. The lowest BCUT2D eigenvalue weighted by molar-refractivity contribution is -0.125. The number of amides is 2. The Labute approximate surface area is 56.7 Å². The van der Waals surface area contributed by atoms with E-state index in [0.717, 1.165) is 0 Å². The van der Waals surface area contributed by atoms with Crippen LogP contribution in [0.5, 0.6) is 0 Å². The largest absolute Gasteiger partial charge is 0.330 e. The van der Waals surface area contributed by atoms with E-state index in [1.54, 1.807) is 0 Å². The molecule has 1 rings (SSSR count). The molecular weight excluding hydrogens is 138 g/mol. The lowest BCUT2D eigenvalue weighted by Crippen LogP contribution is -2.44. The molecule has 1 aliphatic rings. The van der Waals surface area contributed by atoms with E-state index in [0.29, 0.717) is 6.41 Å². The van der Waals surface area contributed by atoms with Gasteiger partial charge in [-0.15, -0.1) is 0 Å². The number of hydrogen-bond donors (Lipinski definition) is 3. The van der Waals surface area contributed by atoms with E-state index in [2.05, 4.69) is 10.2 Å². The average Bonchev–Trinajstić information content (AvgIpc) is 2.20. The monoisotopic (exact) mass is 145 g/mol. The third kappa shape index (κ3) is 1.07. The smallest absolute Gasteiger partial charge is 0.265 e. The quantitative estimate of drug-likeness (QED) is 0.373. The van der Waals surface area contributed by atoms with Gasteiger partial charge in [-0.25, -0.2) is 10.3 Å². The van der Waals surface area contributed by atoms with Crippen LogP contribution in [-0.2, 0) is 14.4 Å². The lowest BCUT2D eigenvalue weighted by Gasteiger charge is -2.07. The maximum absolute atomic E-state index is 10.5. The molecule has 0 bridgehead atoms. The van der Waals surface area contributed by atoms with E-state index in [9.17, 15) is 9.59 Å². The second-order valence-electron chi connectivity index (χ2n) is 1.82. The van der Waals surface area contributed by atoms with E-state index in [-0.39, 0.29) is 0 Å². The Balaban J connectivity index is 2.48. The maximum Gasteiger partial charge on any atom is 0.265 e. The standard InChI is InChI=1S/C4H7N3O3/c5-2-3(9)7-10-4(2)6-1-8/h1-2,4H,5H2,(H,6,8)(H,7,9). The maximum atomic E-state index is 10.5. The van der Waals surface area contributed by atoms with Crippen molar-refractivity contribution in [2.75, 3.05) is 0 Å². The van der Waals surface area contributed by atoms with Gasteiger partial charge in [0.2, 0.25) is 6.41 Å². The van der Waals surface area contributed by atoms with Crippen LogP contribution in [0.1, 0.15) is 0 Å². The Kier molecular flexibility index (Phi) is 1.83. The molecule has 1 aliphatic heterocycles. The average molecular weight is 145 g/mol. The molecule has 0 spiro atoms. The van der Waals surface area contributed by atoms with Crippen molar-refractivity contribution in [3.8, 4) is 0 Å². The minimum absolute atomic E-state index is 0.421. The fourth-order valence-electron chi connectivity index (χ4n) is 0.605. The van der Waals surface area contributed by atoms with Crippen LogP contribution in [0.15, 0.2) is 0 Å². The molecule has 2 unspecified atom stereocenters. The van der Waals surface area contributed by atoms with Crippen LogP contribution in [0.4, 0.5) is 0 Å². The summed E-state index contributed by atoms with van der Waals surface area (Å²) in [4.78, 5) is 24.9. The number of rotatable bonds is 2. The van der Waals surface area contributed by atoms with Gasteiger partial charge in [-0.3, -0.25) is 9.59 Å². The van der Waals surface area contributed by atoms with Gasteiger partial charge < -0.3 is 11.1 Å². The zero-order valence-electron chi connectivity index (χ0n) is 5.03. The molecule has 2 amide bonds. The van der Waals surface area contributed by atoms with Gasteiger partial charge in [0, 0.05) is 0 Å². The van der Waals surface area contributed by atoms with Crippen molar-refractivity contribution >= 4 is 12.3 Å². The first-order valence-electron chi connectivity index (χ1n) is 2.66. The molecule has 0 aromatic carbocycles. The van der Waals surface area contributed by atoms with E-state index >= 15 is 0 Å². The molecule has 0 aromatic rings. The molecule has 0 aliphatic carbocycles. The summed E-state index contributed by atoms with van der Waals surface area (Å²) in [6.45, 7) is 0. The van der Waals surface area contributed by atoms with Gasteiger partial charge in [-0.2, -0.15) is 0 Å². The van der Waals surface area contributed by atoms with Crippen LogP contribution in [0, 0.1) is 0 Å². The van der Waals surface area contributed by atoms with Crippen molar-refractivity contribution < 1.29 is 14.4 Å². The molecule has 4 N–H and O–H groups in total. The first-order chi connectivity index (χ1) is 4.75. The highest BCUT2D eigenvalue weighted by molar-refractivity contribution is 5.83. The summed E-state index contributed by atoms with van der Waals surface area (Å²) < 4.78 is 0. The zero-order chi connectivity index (χ0) is 7.56. The van der Waals surface area contributed by atoms with Crippen molar-refractivity contribution in [1.29, 1.82) is 0 Å². The lowest BCUT2D eigenvalue weighted by atomic mass is 10.3. The number of hydrogen-bond acceptors (Lipinski definition) is 4. The van der Waals surface area contributed by atoms with Gasteiger partial charge in [0.15, 0.2) is 6.23 Å². The first kappa shape index (κ1) is 6.97. The highest BCUT2D eigenvalue weighted by atomic mass is 16.7. The Morgan fingerprint density at radius 3 is 2.90 bits per heavy atom. The Bertz CT molecular complexity index is 160. The van der Waals surface area contributed by atoms with Crippen LogP contribution in [0.3, 0.4) is 0 Å². The predicted octanol–water partition coefficient (Wildman–Crippen LogP) is -2.55. The molecule has 1 fully saturated rings. The number of nitrogens with two attached hydrogens (primary N) is 1. The predicted molar refractivity (Wildman–Crippen MR) is 30.2 cm³/mol. The van der Waals surface area contributed by atoms with Gasteiger partial charge in [0.1, 0.15) is 6.04 Å². The second kappa shape index (κ2) is 2.63. The summed E-state index contributed by atoms with van der Waals surface area (Å²) in [6, 6.07) is -0.815.